The van der Waals surface area contributed by atoms with Crippen molar-refractivity contribution in [3.8, 4) is 0 Å². The van der Waals surface area contributed by atoms with Crippen molar-refractivity contribution in [2.75, 3.05) is 0 Å². The minimum absolute atomic E-state index is 0.0855. The maximum Gasteiger partial charge on any atom is 0.183 e. The van der Waals surface area contributed by atoms with Crippen LogP contribution in [0, 0.1) is 35.0 Å². The lowest BCUT2D eigenvalue weighted by atomic mass is 9.23. The van der Waals surface area contributed by atoms with Crippen LogP contribution in [0.2, 0.25) is 0 Å². The Morgan fingerprint density at radius 1 is 0.933 bits per heavy atom. The summed E-state index contributed by atoms with van der Waals surface area (Å²) in [7, 11) is 0. The van der Waals surface area contributed by atoms with Gasteiger partial charge in [0.15, 0.2) is 17.0 Å². The summed E-state index contributed by atoms with van der Waals surface area (Å²) in [5.41, 5.74) is -6.00. The zero-order valence-electron chi connectivity index (χ0n) is 8.14. The van der Waals surface area contributed by atoms with Crippen molar-refractivity contribution >= 4 is 0 Å². The molecular weight excluding hydrogens is 201 g/mol. The van der Waals surface area contributed by atoms with Crippen molar-refractivity contribution in [2.24, 2.45) is 35.0 Å². The second-order valence-electron chi connectivity index (χ2n) is 6.82. The maximum atomic E-state index is 14.8. The summed E-state index contributed by atoms with van der Waals surface area (Å²) in [5.74, 6) is -0.320. The van der Waals surface area contributed by atoms with Crippen molar-refractivity contribution in [3.05, 3.63) is 0 Å². The molecule has 0 nitrogen and oxygen atoms in total. The Morgan fingerprint density at radius 3 is 2.33 bits per heavy atom. The smallest absolute Gasteiger partial charge is 0.183 e. The first-order valence-corrected chi connectivity index (χ1v) is 6.13. The summed E-state index contributed by atoms with van der Waals surface area (Å²) in [6.45, 7) is 0. The highest BCUT2D eigenvalue weighted by atomic mass is 19.2. The first-order chi connectivity index (χ1) is 7.06. The van der Waals surface area contributed by atoms with E-state index in [1.165, 1.54) is 0 Å². The van der Waals surface area contributed by atoms with Gasteiger partial charge >= 0.3 is 0 Å². The van der Waals surface area contributed by atoms with E-state index in [1.54, 1.807) is 0 Å². The SMILES string of the molecule is FC12C3CC1C14CCC1C1C3C2(F)C14F. The molecule has 0 saturated heterocycles. The molecule has 0 aromatic carbocycles. The average Bonchev–Trinajstić information content (AvgIpc) is 2.48. The molecule has 15 heavy (non-hydrogen) atoms. The summed E-state index contributed by atoms with van der Waals surface area (Å²) >= 11 is 0. The Balaban J connectivity index is 1.76. The topological polar surface area (TPSA) is 0 Å². The molecule has 6 aliphatic carbocycles. The van der Waals surface area contributed by atoms with E-state index in [0.717, 1.165) is 19.3 Å². The van der Waals surface area contributed by atoms with Crippen molar-refractivity contribution < 1.29 is 13.2 Å². The van der Waals surface area contributed by atoms with Gasteiger partial charge in [0.25, 0.3) is 0 Å². The second-order valence-corrected chi connectivity index (χ2v) is 6.82. The van der Waals surface area contributed by atoms with Gasteiger partial charge in [-0.05, 0) is 25.2 Å². The molecule has 9 atom stereocenters. The van der Waals surface area contributed by atoms with Gasteiger partial charge < -0.3 is 0 Å². The van der Waals surface area contributed by atoms with Gasteiger partial charge in [-0.2, -0.15) is 0 Å². The van der Waals surface area contributed by atoms with Crippen molar-refractivity contribution in [1.29, 1.82) is 0 Å². The number of halogens is 3. The van der Waals surface area contributed by atoms with E-state index in [1.807, 2.05) is 0 Å². The number of hydrogen-bond donors (Lipinski definition) is 0. The molecule has 9 unspecified atom stereocenters. The van der Waals surface area contributed by atoms with E-state index in [0.29, 0.717) is 5.92 Å². The van der Waals surface area contributed by atoms with Crippen LogP contribution >= 0.6 is 0 Å². The molecule has 0 aliphatic heterocycles. The van der Waals surface area contributed by atoms with Crippen molar-refractivity contribution in [3.63, 3.8) is 0 Å². The van der Waals surface area contributed by atoms with Crippen molar-refractivity contribution in [2.45, 2.75) is 36.3 Å². The first kappa shape index (κ1) is 7.18. The summed E-state index contributed by atoms with van der Waals surface area (Å²) in [6, 6.07) is 0. The van der Waals surface area contributed by atoms with Gasteiger partial charge in [-0.15, -0.1) is 0 Å². The van der Waals surface area contributed by atoms with Crippen LogP contribution in [0.4, 0.5) is 13.2 Å². The maximum absolute atomic E-state index is 14.8. The van der Waals surface area contributed by atoms with E-state index in [2.05, 4.69) is 0 Å². The monoisotopic (exact) mass is 212 g/mol. The molecule has 0 N–H and O–H groups in total. The van der Waals surface area contributed by atoms with E-state index in [4.69, 9.17) is 0 Å². The van der Waals surface area contributed by atoms with E-state index in [9.17, 15) is 13.2 Å². The average molecular weight is 212 g/mol. The van der Waals surface area contributed by atoms with E-state index >= 15 is 0 Å². The molecule has 0 heterocycles. The Bertz CT molecular complexity index is 464. The van der Waals surface area contributed by atoms with Crippen LogP contribution in [-0.4, -0.2) is 17.0 Å². The number of alkyl halides is 3. The normalized spacial score (nSPS) is 92.6. The third kappa shape index (κ3) is 0.267. The largest absolute Gasteiger partial charge is 0.240 e. The van der Waals surface area contributed by atoms with Gasteiger partial charge in [-0.1, -0.05) is 0 Å². The Kier molecular flexibility index (Phi) is 0.618. The zero-order chi connectivity index (χ0) is 10.0. The lowest BCUT2D eigenvalue weighted by molar-refractivity contribution is -0.445. The van der Waals surface area contributed by atoms with Crippen molar-refractivity contribution in [1.82, 2.24) is 0 Å². The number of hydrogen-bond acceptors (Lipinski definition) is 0. The Labute approximate surface area is 85.2 Å². The number of rotatable bonds is 0. The van der Waals surface area contributed by atoms with E-state index < -0.39 is 22.4 Å². The molecule has 0 aromatic rings. The molecule has 0 bridgehead atoms. The van der Waals surface area contributed by atoms with Crippen LogP contribution in [-0.2, 0) is 0 Å². The minimum atomic E-state index is -2.03. The van der Waals surface area contributed by atoms with Crippen LogP contribution in [0.1, 0.15) is 19.3 Å². The molecule has 80 valence electrons. The standard InChI is InChI=1S/C12H11F3/c13-10-5-3-6(10)9-2-1-4(9)7-8(5)12(10,15)11(7,9)14/h4-8H,1-3H2. The molecule has 0 aromatic heterocycles. The van der Waals surface area contributed by atoms with Crippen LogP contribution in [0.3, 0.4) is 0 Å². The third-order valence-electron chi connectivity index (χ3n) is 7.63. The molecule has 3 heteroatoms. The lowest BCUT2D eigenvalue weighted by Crippen LogP contribution is -2.95. The predicted octanol–water partition coefficient (Wildman–Crippen LogP) is 2.43. The molecule has 6 rings (SSSR count). The summed E-state index contributed by atoms with van der Waals surface area (Å²) in [6.07, 6.45) is 2.57. The van der Waals surface area contributed by atoms with Crippen LogP contribution in [0.25, 0.3) is 0 Å². The second kappa shape index (κ2) is 1.29. The first-order valence-electron chi connectivity index (χ1n) is 6.13. The van der Waals surface area contributed by atoms with Crippen LogP contribution in [0.5, 0.6) is 0 Å². The summed E-state index contributed by atoms with van der Waals surface area (Å²) in [4.78, 5) is 0. The zero-order valence-corrected chi connectivity index (χ0v) is 8.14. The highest BCUT2D eigenvalue weighted by Gasteiger charge is 3.13. The molecule has 0 amide bonds. The molecule has 1 spiro atoms. The Morgan fingerprint density at radius 2 is 1.67 bits per heavy atom. The quantitative estimate of drug-likeness (QED) is 0.578. The minimum Gasteiger partial charge on any atom is -0.240 e. The molecule has 6 aliphatic rings. The predicted molar refractivity (Wildman–Crippen MR) is 45.3 cm³/mol. The van der Waals surface area contributed by atoms with Crippen LogP contribution in [0.15, 0.2) is 0 Å². The van der Waals surface area contributed by atoms with Gasteiger partial charge in [0, 0.05) is 29.1 Å². The highest BCUT2D eigenvalue weighted by Crippen LogP contribution is 3.04. The molecular formula is C12H11F3. The van der Waals surface area contributed by atoms with Gasteiger partial charge in [-0.25, -0.2) is 13.2 Å². The van der Waals surface area contributed by atoms with E-state index in [-0.39, 0.29) is 23.7 Å². The summed E-state index contributed by atoms with van der Waals surface area (Å²) < 4.78 is 43.9. The molecule has 0 radical (unpaired) electrons. The number of fused-ring (bicyclic) bond motifs is 3. The molecule has 6 saturated carbocycles. The van der Waals surface area contributed by atoms with Gasteiger partial charge in [0.2, 0.25) is 0 Å². The fraction of sp³-hybridized carbons (Fsp3) is 1.00. The van der Waals surface area contributed by atoms with Gasteiger partial charge in [-0.3, -0.25) is 0 Å². The third-order valence-corrected chi connectivity index (χ3v) is 7.63. The molecule has 6 fully saturated rings. The van der Waals surface area contributed by atoms with Crippen LogP contribution < -0.4 is 0 Å². The van der Waals surface area contributed by atoms with Gasteiger partial charge in [0.1, 0.15) is 0 Å². The summed E-state index contributed by atoms with van der Waals surface area (Å²) in [5, 5.41) is 0. The Hall–Kier alpha value is -0.210. The van der Waals surface area contributed by atoms with Gasteiger partial charge in [0.05, 0.1) is 0 Å². The highest BCUT2D eigenvalue weighted by molar-refractivity contribution is 5.60. The fourth-order valence-corrected chi connectivity index (χ4v) is 7.40. The lowest BCUT2D eigenvalue weighted by Gasteiger charge is -2.83. The fourth-order valence-electron chi connectivity index (χ4n) is 7.40.